The van der Waals surface area contributed by atoms with Crippen molar-refractivity contribution in [2.75, 3.05) is 25.2 Å². The van der Waals surface area contributed by atoms with Crippen molar-refractivity contribution in [3.8, 4) is 11.8 Å². The smallest absolute Gasteiger partial charge is 0.447 e. The molecule has 17 heteroatoms. The van der Waals surface area contributed by atoms with E-state index in [0.717, 1.165) is 7.05 Å². The molecule has 2 aromatic rings. The van der Waals surface area contributed by atoms with Crippen LogP contribution in [-0.4, -0.2) is 51.0 Å². The van der Waals surface area contributed by atoms with E-state index in [0.29, 0.717) is 21.7 Å². The van der Waals surface area contributed by atoms with Crippen molar-refractivity contribution < 1.29 is 45.2 Å². The summed E-state index contributed by atoms with van der Waals surface area (Å²) in [5, 5.41) is 20.1. The third-order valence-corrected chi connectivity index (χ3v) is 5.53. The van der Waals surface area contributed by atoms with E-state index in [2.05, 4.69) is 9.84 Å². The van der Waals surface area contributed by atoms with Crippen LogP contribution < -0.4 is 4.90 Å². The Morgan fingerprint density at radius 3 is 2.24 bits per heavy atom. The van der Waals surface area contributed by atoms with Gasteiger partial charge in [0.05, 0.1) is 22.2 Å². The molecule has 1 N–H and O–H groups in total. The molecule has 2 rings (SSSR count). The van der Waals surface area contributed by atoms with Crippen LogP contribution in [0.2, 0.25) is 10.0 Å². The monoisotopic (exact) mass is 538 g/mol. The van der Waals surface area contributed by atoms with Gasteiger partial charge in [-0.25, -0.2) is 13.7 Å². The minimum atomic E-state index is -5.42. The number of hydrogen-bond acceptors (Lipinski definition) is 6. The summed E-state index contributed by atoms with van der Waals surface area (Å²) < 4.78 is 96.0. The minimum absolute atomic E-state index is 0.354. The third-order valence-electron chi connectivity index (χ3n) is 3.78. The molecule has 8 nitrogen and oxygen atoms in total. The summed E-state index contributed by atoms with van der Waals surface area (Å²) >= 11 is 11.8. The Morgan fingerprint density at radius 2 is 1.82 bits per heavy atom. The Bertz CT molecular complexity index is 1120. The number of carbonyl (C=O) groups is 1. The normalized spacial score (nSPS) is 12.9. The zero-order valence-electron chi connectivity index (χ0n) is 16.0. The minimum Gasteiger partial charge on any atom is -0.447 e. The van der Waals surface area contributed by atoms with Crippen LogP contribution in [0.4, 0.5) is 37.0 Å². The molecule has 1 heterocycles. The number of aromatic nitrogens is 2. The lowest BCUT2D eigenvalue weighted by Crippen LogP contribution is -2.31. The predicted octanol–water partition coefficient (Wildman–Crippen LogP) is 4.26. The fourth-order valence-electron chi connectivity index (χ4n) is 2.45. The average molecular weight is 539 g/mol. The van der Waals surface area contributed by atoms with E-state index in [1.54, 1.807) is 0 Å². The fourth-order valence-corrected chi connectivity index (χ4v) is 3.98. The Labute approximate surface area is 193 Å². The maximum absolute atomic E-state index is 13.3. The molecule has 0 fully saturated rings. The van der Waals surface area contributed by atoms with Crippen molar-refractivity contribution in [3.05, 3.63) is 33.4 Å². The molecule has 0 aliphatic rings. The Balaban J connectivity index is 2.90. The van der Waals surface area contributed by atoms with Gasteiger partial charge in [-0.1, -0.05) is 23.2 Å². The number of nitriles is 1. The third kappa shape index (κ3) is 5.52. The van der Waals surface area contributed by atoms with Gasteiger partial charge in [0.25, 0.3) is 0 Å². The standard InChI is InChI=1S/C16H10Cl2F6N4O4S/c1-27(14(30)32-3-2-29)13-12(33(31)16(22,23)24)10(6-25)26-28(13)11-8(17)4-7(5-9(11)18)15(19,20)21/h4-5,29H,2-3H2,1H3. The first-order valence-corrected chi connectivity index (χ1v) is 10.1. The summed E-state index contributed by atoms with van der Waals surface area (Å²) in [5.74, 6) is -0.964. The van der Waals surface area contributed by atoms with Crippen molar-refractivity contribution in [2.24, 2.45) is 0 Å². The molecule has 0 saturated carbocycles. The molecule has 0 aliphatic carbocycles. The van der Waals surface area contributed by atoms with Gasteiger partial charge in [0.15, 0.2) is 22.3 Å². The first-order valence-electron chi connectivity index (χ1n) is 8.24. The van der Waals surface area contributed by atoms with Gasteiger partial charge in [0.2, 0.25) is 0 Å². The molecule has 180 valence electrons. The number of aliphatic hydroxyl groups is 1. The van der Waals surface area contributed by atoms with Crippen LogP contribution in [0.5, 0.6) is 0 Å². The van der Waals surface area contributed by atoms with Crippen molar-refractivity contribution in [2.45, 2.75) is 16.6 Å². The number of nitrogens with zero attached hydrogens (tertiary/aromatic N) is 4. The predicted molar refractivity (Wildman–Crippen MR) is 103 cm³/mol. The van der Waals surface area contributed by atoms with Gasteiger partial charge in [-0.05, 0) is 12.1 Å². The zero-order chi connectivity index (χ0) is 25.3. The lowest BCUT2D eigenvalue weighted by molar-refractivity contribution is -0.137. The number of alkyl halides is 6. The number of halogens is 8. The number of aliphatic hydroxyl groups excluding tert-OH is 1. The van der Waals surface area contributed by atoms with Gasteiger partial charge < -0.3 is 9.84 Å². The van der Waals surface area contributed by atoms with Crippen LogP contribution in [0.1, 0.15) is 11.3 Å². The Kier molecular flexibility index (Phi) is 7.90. The van der Waals surface area contributed by atoms with Crippen LogP contribution in [0.3, 0.4) is 0 Å². The molecular weight excluding hydrogens is 529 g/mol. The van der Waals surface area contributed by atoms with E-state index in [-0.39, 0.29) is 0 Å². The molecular formula is C16H10Cl2F6N4O4S. The number of carbonyl (C=O) groups excluding carboxylic acids is 1. The number of benzene rings is 1. The van der Waals surface area contributed by atoms with Crippen LogP contribution in [0.25, 0.3) is 5.69 Å². The second kappa shape index (κ2) is 9.75. The second-order valence-electron chi connectivity index (χ2n) is 5.92. The molecule has 1 amide bonds. The highest BCUT2D eigenvalue weighted by molar-refractivity contribution is 7.86. The summed E-state index contributed by atoms with van der Waals surface area (Å²) in [5.41, 5.74) is -8.43. The lowest BCUT2D eigenvalue weighted by Gasteiger charge is -2.21. The van der Waals surface area contributed by atoms with E-state index >= 15 is 0 Å². The molecule has 0 radical (unpaired) electrons. The fraction of sp³-hybridized carbons (Fsp3) is 0.312. The van der Waals surface area contributed by atoms with Crippen molar-refractivity contribution in [3.63, 3.8) is 0 Å². The van der Waals surface area contributed by atoms with Crippen LogP contribution in [-0.2, 0) is 21.7 Å². The SMILES string of the molecule is CN(C(=O)OCCO)c1c(S(=O)C(F)(F)F)c(C#N)nn1-c1c(Cl)cc(C(F)(F)F)cc1Cl. The maximum atomic E-state index is 13.3. The topological polar surface area (TPSA) is 108 Å². The van der Waals surface area contributed by atoms with Crippen LogP contribution >= 0.6 is 23.2 Å². The van der Waals surface area contributed by atoms with E-state index < -0.39 is 79.5 Å². The second-order valence-corrected chi connectivity index (χ2v) is 8.15. The number of hydrogen-bond donors (Lipinski definition) is 1. The van der Waals surface area contributed by atoms with E-state index in [9.17, 15) is 40.6 Å². The van der Waals surface area contributed by atoms with E-state index in [1.807, 2.05) is 0 Å². The Hall–Kier alpha value is -2.54. The van der Waals surface area contributed by atoms with Crippen molar-refractivity contribution >= 4 is 45.9 Å². The van der Waals surface area contributed by atoms with Gasteiger partial charge in [-0.2, -0.15) is 36.7 Å². The van der Waals surface area contributed by atoms with Crippen LogP contribution in [0, 0.1) is 11.3 Å². The quantitative estimate of drug-likeness (QED) is 0.569. The highest BCUT2D eigenvalue weighted by atomic mass is 35.5. The highest BCUT2D eigenvalue weighted by Gasteiger charge is 2.44. The largest absolute Gasteiger partial charge is 0.476 e. The average Bonchev–Trinajstić information content (AvgIpc) is 3.07. The molecule has 0 bridgehead atoms. The maximum Gasteiger partial charge on any atom is 0.476 e. The van der Waals surface area contributed by atoms with Crippen LogP contribution in [0.15, 0.2) is 17.0 Å². The summed E-state index contributed by atoms with van der Waals surface area (Å²) in [6.07, 6.45) is -6.26. The molecule has 0 spiro atoms. The van der Waals surface area contributed by atoms with Gasteiger partial charge in [-0.15, -0.1) is 0 Å². The molecule has 0 saturated heterocycles. The lowest BCUT2D eigenvalue weighted by atomic mass is 10.2. The summed E-state index contributed by atoms with van der Waals surface area (Å²) in [6, 6.07) is 2.07. The number of amides is 1. The zero-order valence-corrected chi connectivity index (χ0v) is 18.3. The molecule has 1 unspecified atom stereocenters. The van der Waals surface area contributed by atoms with Gasteiger partial charge in [0.1, 0.15) is 23.3 Å². The van der Waals surface area contributed by atoms with Gasteiger partial charge >= 0.3 is 17.8 Å². The summed E-state index contributed by atoms with van der Waals surface area (Å²) in [7, 11) is -3.08. The highest BCUT2D eigenvalue weighted by Crippen LogP contribution is 2.42. The molecule has 1 aromatic carbocycles. The molecule has 1 atom stereocenters. The van der Waals surface area contributed by atoms with Crippen molar-refractivity contribution in [1.82, 2.24) is 9.78 Å². The molecule has 1 aromatic heterocycles. The van der Waals surface area contributed by atoms with E-state index in [1.165, 1.54) is 6.07 Å². The van der Waals surface area contributed by atoms with Gasteiger partial charge in [-0.3, -0.25) is 4.90 Å². The summed E-state index contributed by atoms with van der Waals surface area (Å²) in [6.45, 7) is -1.23. The van der Waals surface area contributed by atoms with E-state index in [4.69, 9.17) is 28.3 Å². The first kappa shape index (κ1) is 26.7. The summed E-state index contributed by atoms with van der Waals surface area (Å²) in [4.78, 5) is 11.3. The Morgan fingerprint density at radius 1 is 1.27 bits per heavy atom. The molecule has 33 heavy (non-hydrogen) atoms. The first-order chi connectivity index (χ1) is 15.1. The number of ether oxygens (including phenoxy) is 1. The van der Waals surface area contributed by atoms with Crippen molar-refractivity contribution in [1.29, 1.82) is 5.26 Å². The van der Waals surface area contributed by atoms with Gasteiger partial charge in [0, 0.05) is 7.05 Å². The molecule has 0 aliphatic heterocycles. The number of rotatable bonds is 5. The number of anilines is 1.